The van der Waals surface area contributed by atoms with Gasteiger partial charge in [-0.3, -0.25) is 4.99 Å². The number of guanidine groups is 1. The summed E-state index contributed by atoms with van der Waals surface area (Å²) < 4.78 is 11.3. The van der Waals surface area contributed by atoms with Crippen molar-refractivity contribution in [2.45, 2.75) is 50.5 Å². The summed E-state index contributed by atoms with van der Waals surface area (Å²) in [6, 6.07) is 10.8. The molecule has 0 aromatic heterocycles. The lowest BCUT2D eigenvalue weighted by molar-refractivity contribution is 0.0191. The summed E-state index contributed by atoms with van der Waals surface area (Å²) >= 11 is 0. The summed E-state index contributed by atoms with van der Waals surface area (Å²) in [5.41, 5.74) is 1.64. The number of ether oxygens (including phenoxy) is 2. The molecule has 1 aromatic carbocycles. The molecule has 0 bridgehead atoms. The molecule has 3 rings (SSSR count). The number of halogens is 1. The molecule has 152 valence electrons. The Labute approximate surface area is 180 Å². The molecule has 2 aliphatic rings. The van der Waals surface area contributed by atoms with Crippen LogP contribution in [-0.2, 0) is 14.9 Å². The van der Waals surface area contributed by atoms with Gasteiger partial charge in [-0.05, 0) is 38.2 Å². The quantitative estimate of drug-likeness (QED) is 0.243. The highest BCUT2D eigenvalue weighted by molar-refractivity contribution is 14.0. The highest BCUT2D eigenvalue weighted by Gasteiger charge is 2.38. The van der Waals surface area contributed by atoms with E-state index in [1.165, 1.54) is 24.8 Å². The van der Waals surface area contributed by atoms with Crippen molar-refractivity contribution in [2.24, 2.45) is 4.99 Å². The number of nitrogens with zero attached hydrogens (tertiary/aromatic N) is 1. The first-order chi connectivity index (χ1) is 12.8. The average Bonchev–Trinajstić information content (AvgIpc) is 3.15. The Morgan fingerprint density at radius 3 is 2.67 bits per heavy atom. The second kappa shape index (κ2) is 11.9. The van der Waals surface area contributed by atoms with Gasteiger partial charge in [0.25, 0.3) is 0 Å². The van der Waals surface area contributed by atoms with Crippen molar-refractivity contribution in [2.75, 3.05) is 39.5 Å². The number of aliphatic imine (C=N–C) groups is 1. The van der Waals surface area contributed by atoms with Gasteiger partial charge in [-0.25, -0.2) is 0 Å². The van der Waals surface area contributed by atoms with Crippen LogP contribution in [0.4, 0.5) is 0 Å². The van der Waals surface area contributed by atoms with E-state index >= 15 is 0 Å². The summed E-state index contributed by atoms with van der Waals surface area (Å²) in [4.78, 5) is 4.87. The molecule has 1 unspecified atom stereocenters. The second-order valence-corrected chi connectivity index (χ2v) is 7.33. The molecule has 1 aliphatic carbocycles. The Morgan fingerprint density at radius 2 is 2.04 bits per heavy atom. The van der Waals surface area contributed by atoms with Crippen LogP contribution in [0.3, 0.4) is 0 Å². The first-order valence-electron chi connectivity index (χ1n) is 10.1. The Morgan fingerprint density at radius 1 is 1.22 bits per heavy atom. The summed E-state index contributed by atoms with van der Waals surface area (Å²) in [5.74, 6) is 0.885. The molecule has 1 saturated carbocycles. The summed E-state index contributed by atoms with van der Waals surface area (Å²) in [7, 11) is 0. The van der Waals surface area contributed by atoms with Crippen LogP contribution in [0, 0.1) is 0 Å². The standard InChI is InChI=1S/C21H33N3O2.HI/c1-2-22-20(23-13-15-25-16-19-10-6-14-26-19)24-17-21(11-7-12-21)18-8-4-3-5-9-18;/h3-5,8-9,19H,2,6-7,10-17H2,1H3,(H2,22,23,24);1H. The Hall–Kier alpha value is -0.860. The fourth-order valence-electron chi connectivity index (χ4n) is 3.74. The van der Waals surface area contributed by atoms with E-state index in [1.54, 1.807) is 0 Å². The summed E-state index contributed by atoms with van der Waals surface area (Å²) in [6.07, 6.45) is 6.33. The third-order valence-corrected chi connectivity index (χ3v) is 5.45. The molecule has 2 fully saturated rings. The number of benzene rings is 1. The molecule has 1 saturated heterocycles. The van der Waals surface area contributed by atoms with Crippen molar-refractivity contribution in [1.29, 1.82) is 0 Å². The lowest BCUT2D eigenvalue weighted by Crippen LogP contribution is -2.42. The lowest BCUT2D eigenvalue weighted by atomic mass is 9.64. The van der Waals surface area contributed by atoms with Gasteiger partial charge in [-0.1, -0.05) is 36.8 Å². The molecule has 27 heavy (non-hydrogen) atoms. The zero-order valence-electron chi connectivity index (χ0n) is 16.4. The maximum absolute atomic E-state index is 5.72. The van der Waals surface area contributed by atoms with Gasteiger partial charge in [0.05, 0.1) is 25.9 Å². The van der Waals surface area contributed by atoms with Crippen molar-refractivity contribution in [3.05, 3.63) is 35.9 Å². The maximum atomic E-state index is 5.72. The van der Waals surface area contributed by atoms with Crippen LogP contribution in [0.2, 0.25) is 0 Å². The smallest absolute Gasteiger partial charge is 0.191 e. The van der Waals surface area contributed by atoms with Gasteiger partial charge in [0.15, 0.2) is 5.96 Å². The number of nitrogens with one attached hydrogen (secondary N) is 2. The number of hydrogen-bond acceptors (Lipinski definition) is 3. The molecule has 0 amide bonds. The van der Waals surface area contributed by atoms with Crippen LogP contribution in [0.1, 0.15) is 44.6 Å². The molecule has 5 nitrogen and oxygen atoms in total. The first-order valence-corrected chi connectivity index (χ1v) is 10.1. The molecule has 6 heteroatoms. The molecule has 1 atom stereocenters. The second-order valence-electron chi connectivity index (χ2n) is 7.33. The Kier molecular flexibility index (Phi) is 9.86. The Balaban J connectivity index is 0.00000261. The van der Waals surface area contributed by atoms with E-state index in [1.807, 2.05) is 0 Å². The van der Waals surface area contributed by atoms with E-state index in [9.17, 15) is 0 Å². The van der Waals surface area contributed by atoms with Gasteiger partial charge in [-0.15, -0.1) is 24.0 Å². The molecule has 0 radical (unpaired) electrons. The lowest BCUT2D eigenvalue weighted by Gasteiger charge is -2.41. The third-order valence-electron chi connectivity index (χ3n) is 5.45. The zero-order chi connectivity index (χ0) is 18.1. The van der Waals surface area contributed by atoms with Gasteiger partial charge in [0, 0.05) is 25.1 Å². The highest BCUT2D eigenvalue weighted by atomic mass is 127. The maximum Gasteiger partial charge on any atom is 0.191 e. The van der Waals surface area contributed by atoms with Crippen molar-refractivity contribution in [1.82, 2.24) is 10.6 Å². The Bertz CT molecular complexity index is 558. The van der Waals surface area contributed by atoms with Gasteiger partial charge < -0.3 is 20.1 Å². The predicted octanol–water partition coefficient (Wildman–Crippen LogP) is 3.48. The molecule has 1 heterocycles. The molecular formula is C21H34IN3O2. The monoisotopic (exact) mass is 487 g/mol. The average molecular weight is 487 g/mol. The van der Waals surface area contributed by atoms with Crippen LogP contribution in [0.15, 0.2) is 35.3 Å². The third kappa shape index (κ3) is 6.61. The minimum atomic E-state index is 0. The normalized spacial score (nSPS) is 21.2. The largest absolute Gasteiger partial charge is 0.377 e. The van der Waals surface area contributed by atoms with Crippen molar-refractivity contribution < 1.29 is 9.47 Å². The van der Waals surface area contributed by atoms with Crippen molar-refractivity contribution >= 4 is 29.9 Å². The molecule has 2 N–H and O–H groups in total. The van der Waals surface area contributed by atoms with E-state index in [4.69, 9.17) is 14.5 Å². The van der Waals surface area contributed by atoms with Gasteiger partial charge in [0.1, 0.15) is 0 Å². The van der Waals surface area contributed by atoms with Crippen LogP contribution >= 0.6 is 24.0 Å². The minimum Gasteiger partial charge on any atom is -0.377 e. The summed E-state index contributed by atoms with van der Waals surface area (Å²) in [6.45, 7) is 6.82. The van der Waals surface area contributed by atoms with E-state index < -0.39 is 0 Å². The molecular weight excluding hydrogens is 453 g/mol. The van der Waals surface area contributed by atoms with E-state index in [0.717, 1.165) is 45.0 Å². The number of hydrogen-bond donors (Lipinski definition) is 2. The fraction of sp³-hybridized carbons (Fsp3) is 0.667. The predicted molar refractivity (Wildman–Crippen MR) is 121 cm³/mol. The van der Waals surface area contributed by atoms with Crippen molar-refractivity contribution in [3.8, 4) is 0 Å². The first kappa shape index (κ1) is 22.4. The molecule has 1 aromatic rings. The fourth-order valence-corrected chi connectivity index (χ4v) is 3.74. The topological polar surface area (TPSA) is 54.9 Å². The van der Waals surface area contributed by atoms with E-state index in [0.29, 0.717) is 19.3 Å². The minimum absolute atomic E-state index is 0. The van der Waals surface area contributed by atoms with Gasteiger partial charge in [-0.2, -0.15) is 0 Å². The van der Waals surface area contributed by atoms with E-state index in [-0.39, 0.29) is 29.4 Å². The van der Waals surface area contributed by atoms with Gasteiger partial charge >= 0.3 is 0 Å². The van der Waals surface area contributed by atoms with Crippen LogP contribution < -0.4 is 10.6 Å². The van der Waals surface area contributed by atoms with Gasteiger partial charge in [0.2, 0.25) is 0 Å². The van der Waals surface area contributed by atoms with Crippen molar-refractivity contribution in [3.63, 3.8) is 0 Å². The van der Waals surface area contributed by atoms with Crippen LogP contribution in [0.25, 0.3) is 0 Å². The molecule has 1 aliphatic heterocycles. The zero-order valence-corrected chi connectivity index (χ0v) is 18.7. The SMILES string of the molecule is CCNC(=NCC1(c2ccccc2)CCC1)NCCOCC1CCCO1.I. The molecule has 0 spiro atoms. The van der Waals surface area contributed by atoms with Crippen LogP contribution in [0.5, 0.6) is 0 Å². The van der Waals surface area contributed by atoms with Crippen LogP contribution in [-0.4, -0.2) is 51.5 Å². The highest BCUT2D eigenvalue weighted by Crippen LogP contribution is 2.43. The summed E-state index contributed by atoms with van der Waals surface area (Å²) in [5, 5.41) is 6.74. The number of rotatable bonds is 9. The van der Waals surface area contributed by atoms with E-state index in [2.05, 4.69) is 47.9 Å².